The second-order valence-electron chi connectivity index (χ2n) is 3.70. The van der Waals surface area contributed by atoms with Crippen molar-refractivity contribution in [3.05, 3.63) is 48.2 Å². The van der Waals surface area contributed by atoms with Crippen LogP contribution in [-0.2, 0) is 0 Å². The molecule has 17 heavy (non-hydrogen) atoms. The molecule has 3 N–H and O–H groups in total. The first-order chi connectivity index (χ1) is 8.25. The number of fused-ring (bicyclic) bond motifs is 1. The van der Waals surface area contributed by atoms with Crippen molar-refractivity contribution in [3.63, 3.8) is 0 Å². The summed E-state index contributed by atoms with van der Waals surface area (Å²) in [5.41, 5.74) is 1.56. The van der Waals surface area contributed by atoms with Crippen LogP contribution in [0.2, 0.25) is 0 Å². The van der Waals surface area contributed by atoms with Gasteiger partial charge in [-0.3, -0.25) is 5.41 Å². The molecule has 0 aliphatic heterocycles. The molecule has 3 aromatic rings. The zero-order chi connectivity index (χ0) is 11.8. The topological polar surface area (TPSA) is 80.8 Å². The van der Waals surface area contributed by atoms with Gasteiger partial charge in [-0.2, -0.15) is 0 Å². The van der Waals surface area contributed by atoms with Crippen LogP contribution >= 0.6 is 0 Å². The summed E-state index contributed by atoms with van der Waals surface area (Å²) >= 11 is 0. The van der Waals surface area contributed by atoms with E-state index in [9.17, 15) is 0 Å². The molecule has 0 spiro atoms. The maximum Gasteiger partial charge on any atom is 0.231 e. The van der Waals surface area contributed by atoms with E-state index < -0.39 is 0 Å². The quantitative estimate of drug-likeness (QED) is 0.617. The number of hydrogen-bond acceptors (Lipinski definition) is 4. The maximum atomic E-state index is 7.80. The van der Waals surface area contributed by atoms with Gasteiger partial charge in [0.15, 0.2) is 5.49 Å². The molecule has 0 aliphatic rings. The zero-order valence-corrected chi connectivity index (χ0v) is 8.92. The molecule has 1 aromatic carbocycles. The second kappa shape index (κ2) is 3.48. The number of nitrogen functional groups attached to an aromatic ring is 1. The van der Waals surface area contributed by atoms with E-state index in [2.05, 4.69) is 4.98 Å². The molecule has 2 aromatic heterocycles. The molecule has 0 aliphatic carbocycles. The highest BCUT2D eigenvalue weighted by Crippen LogP contribution is 2.24. The average Bonchev–Trinajstić information content (AvgIpc) is 2.80. The number of nitrogens with one attached hydrogen (secondary N) is 1. The molecule has 84 valence electrons. The van der Waals surface area contributed by atoms with Gasteiger partial charge in [0.1, 0.15) is 12.1 Å². The highest BCUT2D eigenvalue weighted by atomic mass is 16.3. The van der Waals surface area contributed by atoms with Crippen molar-refractivity contribution in [2.45, 2.75) is 0 Å². The second-order valence-corrected chi connectivity index (χ2v) is 3.70. The first-order valence-electron chi connectivity index (χ1n) is 5.12. The van der Waals surface area contributed by atoms with Gasteiger partial charge < -0.3 is 10.3 Å². The largest absolute Gasteiger partial charge is 0.438 e. The van der Waals surface area contributed by atoms with Gasteiger partial charge in [0, 0.05) is 5.56 Å². The minimum absolute atomic E-state index is 0.181. The number of hydrogen-bond donors (Lipinski definition) is 2. The molecule has 2 heterocycles. The summed E-state index contributed by atoms with van der Waals surface area (Å²) in [6, 6.07) is 11.5. The van der Waals surface area contributed by atoms with Crippen molar-refractivity contribution in [2.75, 3.05) is 5.84 Å². The number of nitrogens with two attached hydrogens (primary N) is 1. The summed E-state index contributed by atoms with van der Waals surface area (Å²) in [6.07, 6.45) is 1.36. The van der Waals surface area contributed by atoms with Crippen molar-refractivity contribution in [1.29, 1.82) is 5.41 Å². The van der Waals surface area contributed by atoms with Gasteiger partial charge in [0.05, 0.1) is 5.39 Å². The molecular weight excluding hydrogens is 216 g/mol. The monoisotopic (exact) mass is 226 g/mol. The number of benzene rings is 1. The highest BCUT2D eigenvalue weighted by molar-refractivity contribution is 5.78. The molecule has 0 bridgehead atoms. The van der Waals surface area contributed by atoms with Crippen molar-refractivity contribution in [3.8, 4) is 11.3 Å². The van der Waals surface area contributed by atoms with Crippen LogP contribution < -0.4 is 11.3 Å². The molecular formula is C12H10N4O. The number of rotatable bonds is 1. The van der Waals surface area contributed by atoms with Crippen molar-refractivity contribution >= 4 is 11.1 Å². The fourth-order valence-corrected chi connectivity index (χ4v) is 1.70. The SMILES string of the molecule is N=c1c2cc(-c3ccccc3)oc2ncn1N. The summed E-state index contributed by atoms with van der Waals surface area (Å²) in [6.45, 7) is 0. The van der Waals surface area contributed by atoms with Crippen LogP contribution in [-0.4, -0.2) is 9.66 Å². The summed E-state index contributed by atoms with van der Waals surface area (Å²) in [5, 5.41) is 8.41. The van der Waals surface area contributed by atoms with E-state index in [0.29, 0.717) is 16.9 Å². The smallest absolute Gasteiger partial charge is 0.231 e. The summed E-state index contributed by atoms with van der Waals surface area (Å²) in [5.74, 6) is 6.25. The third kappa shape index (κ3) is 1.48. The fraction of sp³-hybridized carbons (Fsp3) is 0. The molecule has 0 unspecified atom stereocenters. The molecule has 5 heteroatoms. The summed E-state index contributed by atoms with van der Waals surface area (Å²) in [4.78, 5) is 4.04. The number of nitrogens with zero attached hydrogens (tertiary/aromatic N) is 2. The molecule has 5 nitrogen and oxygen atoms in total. The number of furan rings is 1. The van der Waals surface area contributed by atoms with E-state index in [1.54, 1.807) is 6.07 Å². The maximum absolute atomic E-state index is 7.80. The van der Waals surface area contributed by atoms with Gasteiger partial charge in [-0.15, -0.1) is 0 Å². The molecule has 0 saturated carbocycles. The van der Waals surface area contributed by atoms with Crippen LogP contribution in [0.4, 0.5) is 0 Å². The van der Waals surface area contributed by atoms with Gasteiger partial charge in [0.25, 0.3) is 0 Å². The Labute approximate surface area is 96.6 Å². The minimum atomic E-state index is 0.181. The first kappa shape index (κ1) is 9.65. The van der Waals surface area contributed by atoms with Gasteiger partial charge in [0.2, 0.25) is 5.71 Å². The van der Waals surface area contributed by atoms with Gasteiger partial charge in [-0.1, -0.05) is 30.3 Å². The normalized spacial score (nSPS) is 10.8. The van der Waals surface area contributed by atoms with Gasteiger partial charge in [-0.25, -0.2) is 9.66 Å². The van der Waals surface area contributed by atoms with Gasteiger partial charge >= 0.3 is 0 Å². The minimum Gasteiger partial charge on any atom is -0.438 e. The molecule has 0 saturated heterocycles. The molecule has 0 amide bonds. The Morgan fingerprint density at radius 1 is 1.24 bits per heavy atom. The fourth-order valence-electron chi connectivity index (χ4n) is 1.70. The lowest BCUT2D eigenvalue weighted by Gasteiger charge is -1.95. The molecule has 3 rings (SSSR count). The predicted octanol–water partition coefficient (Wildman–Crippen LogP) is 1.49. The lowest BCUT2D eigenvalue weighted by atomic mass is 10.2. The first-order valence-corrected chi connectivity index (χ1v) is 5.12. The Balaban J connectivity index is 2.28. The third-order valence-electron chi connectivity index (χ3n) is 2.58. The molecule has 0 atom stereocenters. The Kier molecular flexibility index (Phi) is 1.98. The highest BCUT2D eigenvalue weighted by Gasteiger charge is 2.08. The van der Waals surface area contributed by atoms with Crippen LogP contribution in [0.1, 0.15) is 0 Å². The van der Waals surface area contributed by atoms with Crippen LogP contribution in [0.25, 0.3) is 22.4 Å². The van der Waals surface area contributed by atoms with E-state index in [0.717, 1.165) is 10.2 Å². The van der Waals surface area contributed by atoms with E-state index in [1.807, 2.05) is 30.3 Å². The van der Waals surface area contributed by atoms with Crippen LogP contribution in [0.15, 0.2) is 47.1 Å². The Hall–Kier alpha value is -2.56. The van der Waals surface area contributed by atoms with Crippen molar-refractivity contribution in [2.24, 2.45) is 0 Å². The lowest BCUT2D eigenvalue weighted by molar-refractivity contribution is 0.614. The summed E-state index contributed by atoms with van der Waals surface area (Å²) in [7, 11) is 0. The Morgan fingerprint density at radius 3 is 2.76 bits per heavy atom. The van der Waals surface area contributed by atoms with Crippen LogP contribution in [0.5, 0.6) is 0 Å². The van der Waals surface area contributed by atoms with Crippen molar-refractivity contribution < 1.29 is 4.42 Å². The Morgan fingerprint density at radius 2 is 2.00 bits per heavy atom. The predicted molar refractivity (Wildman–Crippen MR) is 63.4 cm³/mol. The lowest BCUT2D eigenvalue weighted by Crippen LogP contribution is -2.26. The molecule has 0 fully saturated rings. The zero-order valence-electron chi connectivity index (χ0n) is 8.92. The van der Waals surface area contributed by atoms with Crippen LogP contribution in [0, 0.1) is 5.41 Å². The van der Waals surface area contributed by atoms with E-state index >= 15 is 0 Å². The average molecular weight is 226 g/mol. The van der Waals surface area contributed by atoms with Crippen molar-refractivity contribution in [1.82, 2.24) is 9.66 Å². The van der Waals surface area contributed by atoms with Crippen LogP contribution in [0.3, 0.4) is 0 Å². The third-order valence-corrected chi connectivity index (χ3v) is 2.58. The molecule has 0 radical (unpaired) electrons. The van der Waals surface area contributed by atoms with E-state index in [-0.39, 0.29) is 5.49 Å². The Bertz CT molecular complexity index is 727. The summed E-state index contributed by atoms with van der Waals surface area (Å²) < 4.78 is 6.75. The number of aromatic nitrogens is 2. The standard InChI is InChI=1S/C12H10N4O/c13-11-9-6-10(8-4-2-1-3-5-8)17-12(9)15-7-16(11)14/h1-7,13H,14H2. The van der Waals surface area contributed by atoms with E-state index in [1.165, 1.54) is 6.33 Å². The van der Waals surface area contributed by atoms with Gasteiger partial charge in [-0.05, 0) is 6.07 Å². The van der Waals surface area contributed by atoms with E-state index in [4.69, 9.17) is 15.7 Å².